The minimum atomic E-state index is 0.285. The molecule has 162 valence electrons. The molecule has 0 aliphatic carbocycles. The van der Waals surface area contributed by atoms with Gasteiger partial charge in [0.15, 0.2) is 11.8 Å². The molecule has 2 fully saturated rings. The monoisotopic (exact) mass is 412 g/mol. The highest BCUT2D eigenvalue weighted by Gasteiger charge is 2.24. The highest BCUT2D eigenvalue weighted by Crippen LogP contribution is 2.18. The first kappa shape index (κ1) is 20.8. The van der Waals surface area contributed by atoms with E-state index in [0.717, 1.165) is 63.0 Å². The lowest BCUT2D eigenvalue weighted by Gasteiger charge is -2.35. The summed E-state index contributed by atoms with van der Waals surface area (Å²) in [5.74, 6) is 1.75. The van der Waals surface area contributed by atoms with Crippen LogP contribution in [0.3, 0.4) is 0 Å². The van der Waals surface area contributed by atoms with Gasteiger partial charge in [-0.2, -0.15) is 0 Å². The van der Waals surface area contributed by atoms with Gasteiger partial charge in [0.1, 0.15) is 6.33 Å². The van der Waals surface area contributed by atoms with Crippen LogP contribution in [-0.2, 0) is 16.0 Å². The summed E-state index contributed by atoms with van der Waals surface area (Å²) in [6, 6.07) is 10.1. The second kappa shape index (κ2) is 10.5. The van der Waals surface area contributed by atoms with Gasteiger partial charge in [-0.15, -0.1) is 10.2 Å². The van der Waals surface area contributed by atoms with Crippen molar-refractivity contribution in [3.8, 4) is 5.69 Å². The van der Waals surface area contributed by atoms with Crippen LogP contribution in [0.1, 0.15) is 37.9 Å². The summed E-state index contributed by atoms with van der Waals surface area (Å²) in [7, 11) is 1.83. The number of para-hydroxylation sites is 1. The van der Waals surface area contributed by atoms with Crippen LogP contribution in [0, 0.1) is 0 Å². The first-order valence-corrected chi connectivity index (χ1v) is 11.0. The molecule has 2 aliphatic rings. The van der Waals surface area contributed by atoms with E-state index in [-0.39, 0.29) is 6.10 Å². The summed E-state index contributed by atoms with van der Waals surface area (Å²) in [5.41, 5.74) is 1.05. The third-order valence-corrected chi connectivity index (χ3v) is 5.80. The summed E-state index contributed by atoms with van der Waals surface area (Å²) >= 11 is 0. The van der Waals surface area contributed by atoms with Crippen molar-refractivity contribution in [2.24, 2.45) is 4.99 Å². The molecule has 0 saturated carbocycles. The zero-order valence-electron chi connectivity index (χ0n) is 17.7. The molecule has 8 nitrogen and oxygen atoms in total. The molecule has 3 heterocycles. The van der Waals surface area contributed by atoms with E-state index >= 15 is 0 Å². The Hall–Kier alpha value is -2.45. The number of hydrogen-bond acceptors (Lipinski definition) is 5. The molecule has 30 heavy (non-hydrogen) atoms. The Kier molecular flexibility index (Phi) is 7.31. The summed E-state index contributed by atoms with van der Waals surface area (Å²) in [5, 5.41) is 11.8. The second-order valence-electron chi connectivity index (χ2n) is 7.86. The molecule has 1 unspecified atom stereocenters. The average molecular weight is 413 g/mol. The van der Waals surface area contributed by atoms with E-state index in [4.69, 9.17) is 9.47 Å². The van der Waals surface area contributed by atoms with Crippen molar-refractivity contribution >= 4 is 5.96 Å². The van der Waals surface area contributed by atoms with Crippen LogP contribution < -0.4 is 5.32 Å². The van der Waals surface area contributed by atoms with Gasteiger partial charge in [-0.1, -0.05) is 18.2 Å². The van der Waals surface area contributed by atoms with Gasteiger partial charge in [0, 0.05) is 32.4 Å². The van der Waals surface area contributed by atoms with Gasteiger partial charge >= 0.3 is 0 Å². The number of nitrogens with zero attached hydrogens (tertiary/aromatic N) is 5. The Balaban J connectivity index is 1.24. The molecule has 1 N–H and O–H groups in total. The van der Waals surface area contributed by atoms with Gasteiger partial charge in [0.05, 0.1) is 25.4 Å². The van der Waals surface area contributed by atoms with E-state index in [2.05, 4.69) is 25.4 Å². The third-order valence-electron chi connectivity index (χ3n) is 5.80. The predicted octanol–water partition coefficient (Wildman–Crippen LogP) is 2.39. The van der Waals surface area contributed by atoms with Crippen LogP contribution in [0.25, 0.3) is 5.69 Å². The first-order chi connectivity index (χ1) is 14.8. The van der Waals surface area contributed by atoms with Crippen LogP contribution in [0.5, 0.6) is 0 Å². The fourth-order valence-electron chi connectivity index (χ4n) is 4.09. The minimum absolute atomic E-state index is 0.285. The fraction of sp³-hybridized carbons (Fsp3) is 0.591. The van der Waals surface area contributed by atoms with Gasteiger partial charge in [-0.05, 0) is 44.2 Å². The number of guanidine groups is 1. The molecule has 1 aromatic carbocycles. The molecule has 1 aromatic heterocycles. The van der Waals surface area contributed by atoms with Crippen LogP contribution >= 0.6 is 0 Å². The highest BCUT2D eigenvalue weighted by atomic mass is 16.5. The highest BCUT2D eigenvalue weighted by molar-refractivity contribution is 5.79. The Morgan fingerprint density at radius 1 is 1.20 bits per heavy atom. The molecule has 8 heteroatoms. The topological polar surface area (TPSA) is 76.8 Å². The van der Waals surface area contributed by atoms with Crippen molar-refractivity contribution in [2.45, 2.75) is 50.9 Å². The van der Waals surface area contributed by atoms with Crippen LogP contribution in [0.2, 0.25) is 0 Å². The Bertz CT molecular complexity index is 795. The van der Waals surface area contributed by atoms with Crippen LogP contribution in [0.4, 0.5) is 0 Å². The largest absolute Gasteiger partial charge is 0.376 e. The summed E-state index contributed by atoms with van der Waals surface area (Å²) in [6.07, 6.45) is 7.92. The van der Waals surface area contributed by atoms with Crippen molar-refractivity contribution in [1.29, 1.82) is 0 Å². The lowest BCUT2D eigenvalue weighted by Crippen LogP contribution is -2.47. The van der Waals surface area contributed by atoms with Gasteiger partial charge in [0.25, 0.3) is 0 Å². The van der Waals surface area contributed by atoms with Gasteiger partial charge in [-0.25, -0.2) is 0 Å². The predicted molar refractivity (Wildman–Crippen MR) is 116 cm³/mol. The number of nitrogens with one attached hydrogen (secondary N) is 1. The lowest BCUT2D eigenvalue weighted by molar-refractivity contribution is -0.0721. The zero-order valence-corrected chi connectivity index (χ0v) is 17.7. The number of aliphatic imine (C=N–C) groups is 1. The summed E-state index contributed by atoms with van der Waals surface area (Å²) in [6.45, 7) is 4.04. The first-order valence-electron chi connectivity index (χ1n) is 11.0. The van der Waals surface area contributed by atoms with E-state index in [9.17, 15) is 0 Å². The molecule has 1 atom stereocenters. The number of rotatable bonds is 6. The van der Waals surface area contributed by atoms with E-state index in [1.54, 1.807) is 6.33 Å². The molecule has 0 amide bonds. The van der Waals surface area contributed by atoms with Gasteiger partial charge < -0.3 is 19.7 Å². The Morgan fingerprint density at radius 2 is 2.03 bits per heavy atom. The summed E-state index contributed by atoms with van der Waals surface area (Å²) < 4.78 is 13.9. The smallest absolute Gasteiger partial charge is 0.194 e. The standard InChI is InChI=1S/C22H32N6O2/c1-23-22(24-15-21-26-25-17-28(21)18-7-3-2-4-8-18)27-12-10-19(11-13-27)30-16-20-9-5-6-14-29-20/h2-4,7-8,17,19-20H,5-6,9-16H2,1H3,(H,23,24). The molecule has 4 rings (SSSR count). The average Bonchev–Trinajstić information content (AvgIpc) is 3.29. The van der Waals surface area contributed by atoms with E-state index < -0.39 is 0 Å². The molecule has 0 spiro atoms. The zero-order chi connectivity index (χ0) is 20.6. The van der Waals surface area contributed by atoms with Crippen LogP contribution in [-0.4, -0.2) is 71.2 Å². The molecular formula is C22H32N6O2. The number of ether oxygens (including phenoxy) is 2. The molecule has 2 aliphatic heterocycles. The fourth-order valence-corrected chi connectivity index (χ4v) is 4.09. The quantitative estimate of drug-likeness (QED) is 0.580. The van der Waals surface area contributed by atoms with E-state index in [0.29, 0.717) is 12.6 Å². The SMILES string of the molecule is CN=C(NCc1nncn1-c1ccccc1)N1CCC(OCC2CCCCO2)CC1. The molecule has 2 aromatic rings. The number of hydrogen-bond donors (Lipinski definition) is 1. The molecular weight excluding hydrogens is 380 g/mol. The normalized spacial score (nSPS) is 21.0. The minimum Gasteiger partial charge on any atom is -0.376 e. The van der Waals surface area contributed by atoms with Crippen molar-refractivity contribution in [2.75, 3.05) is 33.4 Å². The number of likely N-dealkylation sites (tertiary alicyclic amines) is 1. The molecule has 0 bridgehead atoms. The Labute approximate surface area is 178 Å². The van der Waals surface area contributed by atoms with Gasteiger partial charge in [0.2, 0.25) is 0 Å². The lowest BCUT2D eigenvalue weighted by atomic mass is 10.1. The Morgan fingerprint density at radius 3 is 2.77 bits per heavy atom. The number of aromatic nitrogens is 3. The maximum atomic E-state index is 6.13. The van der Waals surface area contributed by atoms with Crippen molar-refractivity contribution in [3.63, 3.8) is 0 Å². The third kappa shape index (κ3) is 5.37. The number of piperidine rings is 1. The maximum Gasteiger partial charge on any atom is 0.194 e. The second-order valence-corrected chi connectivity index (χ2v) is 7.86. The van der Waals surface area contributed by atoms with Crippen molar-refractivity contribution in [1.82, 2.24) is 25.0 Å². The van der Waals surface area contributed by atoms with E-state index in [1.807, 2.05) is 41.9 Å². The molecule has 0 radical (unpaired) electrons. The summed E-state index contributed by atoms with van der Waals surface area (Å²) in [4.78, 5) is 6.76. The molecule has 2 saturated heterocycles. The van der Waals surface area contributed by atoms with Crippen molar-refractivity contribution < 1.29 is 9.47 Å². The number of benzene rings is 1. The van der Waals surface area contributed by atoms with Gasteiger partial charge in [-0.3, -0.25) is 9.56 Å². The maximum absolute atomic E-state index is 6.13. The van der Waals surface area contributed by atoms with Crippen LogP contribution in [0.15, 0.2) is 41.7 Å². The van der Waals surface area contributed by atoms with E-state index in [1.165, 1.54) is 12.8 Å². The van der Waals surface area contributed by atoms with Crippen molar-refractivity contribution in [3.05, 3.63) is 42.5 Å².